The topological polar surface area (TPSA) is 62.6 Å². The summed E-state index contributed by atoms with van der Waals surface area (Å²) in [6, 6.07) is 11.9. The molecule has 1 aliphatic heterocycles. The van der Waals surface area contributed by atoms with Crippen LogP contribution in [-0.2, 0) is 11.3 Å². The molecule has 0 radical (unpaired) electrons. The number of piperidine rings is 1. The molecule has 2 aromatic rings. The predicted molar refractivity (Wildman–Crippen MR) is 103 cm³/mol. The van der Waals surface area contributed by atoms with Crippen LogP contribution in [0.5, 0.6) is 0 Å². The zero-order chi connectivity index (χ0) is 18.4. The van der Waals surface area contributed by atoms with E-state index in [0.717, 1.165) is 37.1 Å². The number of aryl methyl sites for hydroxylation is 1. The molecular weight excluding hydrogens is 346 g/mol. The quantitative estimate of drug-likeness (QED) is 0.712. The molecule has 2 heterocycles. The molecule has 138 valence electrons. The van der Waals surface area contributed by atoms with E-state index >= 15 is 0 Å². The minimum atomic E-state index is 0.00485. The predicted octanol–water partition coefficient (Wildman–Crippen LogP) is 1.15. The molecule has 3 rings (SSSR count). The van der Waals surface area contributed by atoms with Gasteiger partial charge in [0.2, 0.25) is 0 Å². The molecule has 0 spiro atoms. The van der Waals surface area contributed by atoms with Gasteiger partial charge in [-0.2, -0.15) is 0 Å². The van der Waals surface area contributed by atoms with Crippen LogP contribution in [0.2, 0.25) is 0 Å². The molecule has 0 aliphatic carbocycles. The van der Waals surface area contributed by atoms with Crippen LogP contribution in [0.1, 0.15) is 33.6 Å². The van der Waals surface area contributed by atoms with Crippen molar-refractivity contribution in [2.24, 2.45) is 0 Å². The largest absolute Gasteiger partial charge is 0.349 e. The number of likely N-dealkylation sites (tertiary alicyclic amines) is 1. The zero-order valence-electron chi connectivity index (χ0n) is 15.1. The fourth-order valence-electron chi connectivity index (χ4n) is 3.33. The first-order chi connectivity index (χ1) is 12.6. The average Bonchev–Trinajstić information content (AvgIpc) is 3.15. The Morgan fingerprint density at radius 3 is 2.62 bits per heavy atom. The Balaban J connectivity index is 1.39. The summed E-state index contributed by atoms with van der Waals surface area (Å²) < 4.78 is 0. The van der Waals surface area contributed by atoms with Gasteiger partial charge in [-0.05, 0) is 30.0 Å². The Morgan fingerprint density at radius 2 is 1.92 bits per heavy atom. The van der Waals surface area contributed by atoms with Crippen molar-refractivity contribution in [3.05, 3.63) is 57.8 Å². The van der Waals surface area contributed by atoms with E-state index in [2.05, 4.69) is 10.6 Å². The Bertz CT molecular complexity index is 737. The first kappa shape index (κ1) is 18.6. The van der Waals surface area contributed by atoms with Gasteiger partial charge in [-0.1, -0.05) is 24.3 Å². The van der Waals surface area contributed by atoms with Gasteiger partial charge in [0, 0.05) is 29.3 Å². The van der Waals surface area contributed by atoms with Gasteiger partial charge in [0.15, 0.2) is 6.54 Å². The van der Waals surface area contributed by atoms with Crippen molar-refractivity contribution in [1.82, 2.24) is 10.6 Å². The first-order valence-electron chi connectivity index (χ1n) is 9.11. The molecule has 1 fully saturated rings. The molecule has 6 heteroatoms. The molecule has 0 unspecified atom stereocenters. The summed E-state index contributed by atoms with van der Waals surface area (Å²) in [6.07, 6.45) is 1.82. The van der Waals surface area contributed by atoms with E-state index in [1.165, 1.54) is 9.78 Å². The van der Waals surface area contributed by atoms with Gasteiger partial charge in [0.1, 0.15) is 0 Å². The average molecular weight is 373 g/mol. The third kappa shape index (κ3) is 5.16. The summed E-state index contributed by atoms with van der Waals surface area (Å²) in [5.74, 6) is 0.0982. The van der Waals surface area contributed by atoms with Gasteiger partial charge in [0.25, 0.3) is 11.8 Å². The highest BCUT2D eigenvalue weighted by Crippen LogP contribution is 2.09. The maximum Gasteiger partial charge on any atom is 0.275 e. The van der Waals surface area contributed by atoms with Crippen molar-refractivity contribution in [3.8, 4) is 0 Å². The monoisotopic (exact) mass is 372 g/mol. The van der Waals surface area contributed by atoms with E-state index in [1.807, 2.05) is 48.7 Å². The van der Waals surface area contributed by atoms with Gasteiger partial charge >= 0.3 is 0 Å². The number of amides is 2. The van der Waals surface area contributed by atoms with E-state index < -0.39 is 0 Å². The summed E-state index contributed by atoms with van der Waals surface area (Å²) in [5, 5.41) is 8.14. The number of thiophene rings is 1. The standard InChI is InChI=1S/C20H25N3O2S/c1-15-5-2-3-7-18(15)20(25)22-16-8-10-23(11-9-16)14-19(24)21-13-17-6-4-12-26-17/h2-7,12,16H,8-11,13-14H2,1H3,(H,21,24)(H,22,25)/p+1. The van der Waals surface area contributed by atoms with Crippen molar-refractivity contribution >= 4 is 23.2 Å². The van der Waals surface area contributed by atoms with Crippen LogP contribution in [0.15, 0.2) is 41.8 Å². The molecule has 1 saturated heterocycles. The van der Waals surface area contributed by atoms with E-state index in [4.69, 9.17) is 0 Å². The second-order valence-corrected chi connectivity index (χ2v) is 7.88. The lowest BCUT2D eigenvalue weighted by Crippen LogP contribution is -3.14. The summed E-state index contributed by atoms with van der Waals surface area (Å²) in [5.41, 5.74) is 1.74. The van der Waals surface area contributed by atoms with Gasteiger partial charge in [-0.15, -0.1) is 11.3 Å². The molecule has 5 nitrogen and oxygen atoms in total. The van der Waals surface area contributed by atoms with E-state index in [0.29, 0.717) is 13.1 Å². The number of rotatable bonds is 6. The number of carbonyl (C=O) groups is 2. The summed E-state index contributed by atoms with van der Waals surface area (Å²) in [6.45, 7) is 4.88. The maximum absolute atomic E-state index is 12.4. The lowest BCUT2D eigenvalue weighted by molar-refractivity contribution is -0.897. The fraction of sp³-hybridized carbons (Fsp3) is 0.400. The van der Waals surface area contributed by atoms with Crippen molar-refractivity contribution < 1.29 is 14.5 Å². The Morgan fingerprint density at radius 1 is 1.15 bits per heavy atom. The molecule has 1 aromatic heterocycles. The van der Waals surface area contributed by atoms with Crippen molar-refractivity contribution in [1.29, 1.82) is 0 Å². The molecule has 1 aliphatic rings. The van der Waals surface area contributed by atoms with Gasteiger partial charge in [0.05, 0.1) is 19.6 Å². The highest BCUT2D eigenvalue weighted by atomic mass is 32.1. The van der Waals surface area contributed by atoms with E-state index in [9.17, 15) is 9.59 Å². The van der Waals surface area contributed by atoms with E-state index in [1.54, 1.807) is 11.3 Å². The smallest absolute Gasteiger partial charge is 0.275 e. The summed E-state index contributed by atoms with van der Waals surface area (Å²) in [7, 11) is 0. The zero-order valence-corrected chi connectivity index (χ0v) is 15.9. The van der Waals surface area contributed by atoms with Crippen LogP contribution < -0.4 is 15.5 Å². The van der Waals surface area contributed by atoms with E-state index in [-0.39, 0.29) is 17.9 Å². The highest BCUT2D eigenvalue weighted by molar-refractivity contribution is 7.09. The Kier molecular flexibility index (Phi) is 6.41. The van der Waals surface area contributed by atoms with Gasteiger partial charge in [-0.3, -0.25) is 9.59 Å². The van der Waals surface area contributed by atoms with Crippen molar-refractivity contribution in [2.45, 2.75) is 32.4 Å². The highest BCUT2D eigenvalue weighted by Gasteiger charge is 2.25. The Labute approximate surface area is 158 Å². The number of carbonyl (C=O) groups excluding carboxylic acids is 2. The summed E-state index contributed by atoms with van der Waals surface area (Å²) in [4.78, 5) is 27.0. The molecule has 0 atom stereocenters. The molecular formula is C20H26N3O2S+. The van der Waals surface area contributed by atoms with Crippen LogP contribution >= 0.6 is 11.3 Å². The number of quaternary nitrogens is 1. The van der Waals surface area contributed by atoms with Crippen molar-refractivity contribution in [3.63, 3.8) is 0 Å². The second-order valence-electron chi connectivity index (χ2n) is 6.85. The number of hydrogen-bond donors (Lipinski definition) is 3. The van der Waals surface area contributed by atoms with Crippen LogP contribution in [0, 0.1) is 6.92 Å². The Hall–Kier alpha value is -2.18. The normalized spacial score (nSPS) is 19.7. The van der Waals surface area contributed by atoms with Crippen LogP contribution in [-0.4, -0.2) is 37.5 Å². The lowest BCUT2D eigenvalue weighted by atomic mass is 10.0. The van der Waals surface area contributed by atoms with Crippen LogP contribution in [0.25, 0.3) is 0 Å². The molecule has 3 N–H and O–H groups in total. The minimum Gasteiger partial charge on any atom is -0.349 e. The SMILES string of the molecule is Cc1ccccc1C(=O)NC1CC[NH+](CC(=O)NCc2cccs2)CC1. The molecule has 26 heavy (non-hydrogen) atoms. The first-order valence-corrected chi connectivity index (χ1v) is 9.99. The summed E-state index contributed by atoms with van der Waals surface area (Å²) >= 11 is 1.65. The number of nitrogens with one attached hydrogen (secondary N) is 3. The fourth-order valence-corrected chi connectivity index (χ4v) is 3.97. The van der Waals surface area contributed by atoms with Crippen molar-refractivity contribution in [2.75, 3.05) is 19.6 Å². The number of benzene rings is 1. The molecule has 0 bridgehead atoms. The second kappa shape index (κ2) is 8.96. The third-order valence-electron chi connectivity index (χ3n) is 4.87. The maximum atomic E-state index is 12.4. The minimum absolute atomic E-state index is 0.00485. The van der Waals surface area contributed by atoms with Crippen LogP contribution in [0.3, 0.4) is 0 Å². The molecule has 0 saturated carbocycles. The van der Waals surface area contributed by atoms with Gasteiger partial charge in [-0.25, -0.2) is 0 Å². The molecule has 2 amide bonds. The lowest BCUT2D eigenvalue weighted by Gasteiger charge is -2.29. The molecule has 1 aromatic carbocycles. The number of hydrogen-bond acceptors (Lipinski definition) is 3. The van der Waals surface area contributed by atoms with Crippen LogP contribution in [0.4, 0.5) is 0 Å². The van der Waals surface area contributed by atoms with Gasteiger partial charge < -0.3 is 15.5 Å². The third-order valence-corrected chi connectivity index (χ3v) is 5.74.